The molecule has 0 spiro atoms. The maximum Gasteiger partial charge on any atom is 0.338 e. The van der Waals surface area contributed by atoms with Crippen molar-refractivity contribution in [3.8, 4) is 11.5 Å². The normalized spacial score (nSPS) is 10.2. The molecule has 0 amide bonds. The molecule has 0 aromatic heterocycles. The molecule has 4 nitrogen and oxygen atoms in total. The van der Waals surface area contributed by atoms with Crippen LogP contribution in [0.5, 0.6) is 11.5 Å². The molecule has 23 heavy (non-hydrogen) atoms. The summed E-state index contributed by atoms with van der Waals surface area (Å²) in [6, 6.07) is 12.4. The van der Waals surface area contributed by atoms with Gasteiger partial charge < -0.3 is 14.2 Å². The first-order chi connectivity index (χ1) is 11.1. The molecule has 2 aromatic rings. The average molecular weight is 335 g/mol. The lowest BCUT2D eigenvalue weighted by Gasteiger charge is -2.13. The summed E-state index contributed by atoms with van der Waals surface area (Å²) in [6.45, 7) is 4.84. The standard InChI is InChI=1S/C18H19ClO4/c1-3-21-17-11-14(18(20)22-4-2)7-10-16(17)23-12-13-5-8-15(19)9-6-13/h5-11H,3-4,12H2,1-2H3. The summed E-state index contributed by atoms with van der Waals surface area (Å²) in [5, 5.41) is 0.683. The molecule has 2 rings (SSSR count). The number of benzene rings is 2. The van der Waals surface area contributed by atoms with Gasteiger partial charge in [0.15, 0.2) is 11.5 Å². The van der Waals surface area contributed by atoms with Gasteiger partial charge in [0.25, 0.3) is 0 Å². The molecule has 0 aliphatic heterocycles. The number of hydrogen-bond acceptors (Lipinski definition) is 4. The largest absolute Gasteiger partial charge is 0.490 e. The zero-order chi connectivity index (χ0) is 16.7. The minimum Gasteiger partial charge on any atom is -0.490 e. The Kier molecular flexibility index (Phi) is 6.29. The second-order valence-corrected chi connectivity index (χ2v) is 5.17. The molecule has 0 saturated carbocycles. The van der Waals surface area contributed by atoms with Gasteiger partial charge >= 0.3 is 5.97 Å². The second-order valence-electron chi connectivity index (χ2n) is 4.73. The van der Waals surface area contributed by atoms with Crippen LogP contribution in [-0.4, -0.2) is 19.2 Å². The van der Waals surface area contributed by atoms with Crippen LogP contribution in [0, 0.1) is 0 Å². The van der Waals surface area contributed by atoms with E-state index < -0.39 is 0 Å². The van der Waals surface area contributed by atoms with Crippen LogP contribution in [0.25, 0.3) is 0 Å². The van der Waals surface area contributed by atoms with Crippen molar-refractivity contribution in [2.75, 3.05) is 13.2 Å². The smallest absolute Gasteiger partial charge is 0.338 e. The Morgan fingerprint density at radius 3 is 2.35 bits per heavy atom. The highest BCUT2D eigenvalue weighted by Crippen LogP contribution is 2.29. The molecule has 0 aliphatic carbocycles. The van der Waals surface area contributed by atoms with Crippen LogP contribution in [0.15, 0.2) is 42.5 Å². The van der Waals surface area contributed by atoms with E-state index in [0.717, 1.165) is 5.56 Å². The Morgan fingerprint density at radius 2 is 1.70 bits per heavy atom. The van der Waals surface area contributed by atoms with E-state index in [1.54, 1.807) is 25.1 Å². The zero-order valence-corrected chi connectivity index (χ0v) is 13.9. The van der Waals surface area contributed by atoms with Gasteiger partial charge in [-0.3, -0.25) is 0 Å². The molecule has 0 fully saturated rings. The molecule has 0 atom stereocenters. The lowest BCUT2D eigenvalue weighted by Crippen LogP contribution is -2.06. The van der Waals surface area contributed by atoms with Crippen LogP contribution < -0.4 is 9.47 Å². The molecule has 2 aromatic carbocycles. The summed E-state index contributed by atoms with van der Waals surface area (Å²) in [4.78, 5) is 11.8. The first-order valence-corrected chi connectivity index (χ1v) is 7.83. The fourth-order valence-electron chi connectivity index (χ4n) is 1.98. The number of rotatable bonds is 7. The van der Waals surface area contributed by atoms with Crippen molar-refractivity contribution in [1.29, 1.82) is 0 Å². The van der Waals surface area contributed by atoms with Gasteiger partial charge in [-0.25, -0.2) is 4.79 Å². The lowest BCUT2D eigenvalue weighted by atomic mass is 10.2. The van der Waals surface area contributed by atoms with E-state index in [1.807, 2.05) is 31.2 Å². The Balaban J connectivity index is 2.13. The quantitative estimate of drug-likeness (QED) is 0.700. The van der Waals surface area contributed by atoms with E-state index in [2.05, 4.69) is 0 Å². The number of esters is 1. The third kappa shape index (κ3) is 4.89. The number of hydrogen-bond donors (Lipinski definition) is 0. The van der Waals surface area contributed by atoms with E-state index in [4.69, 9.17) is 25.8 Å². The van der Waals surface area contributed by atoms with Crippen molar-refractivity contribution in [2.45, 2.75) is 20.5 Å². The van der Waals surface area contributed by atoms with Gasteiger partial charge in [0.05, 0.1) is 18.8 Å². The van der Waals surface area contributed by atoms with Gasteiger partial charge in [-0.2, -0.15) is 0 Å². The van der Waals surface area contributed by atoms with E-state index in [1.165, 1.54) is 0 Å². The number of carbonyl (C=O) groups excluding carboxylic acids is 1. The van der Waals surface area contributed by atoms with Crippen molar-refractivity contribution >= 4 is 17.6 Å². The zero-order valence-electron chi connectivity index (χ0n) is 13.2. The van der Waals surface area contributed by atoms with Gasteiger partial charge in [0.1, 0.15) is 6.61 Å². The van der Waals surface area contributed by atoms with Crippen LogP contribution in [-0.2, 0) is 11.3 Å². The minimum atomic E-state index is -0.377. The maximum absolute atomic E-state index is 11.8. The predicted octanol–water partition coefficient (Wildman–Crippen LogP) is 4.49. The summed E-state index contributed by atoms with van der Waals surface area (Å²) < 4.78 is 16.3. The maximum atomic E-state index is 11.8. The molecule has 0 saturated heterocycles. The van der Waals surface area contributed by atoms with Crippen molar-refractivity contribution in [3.63, 3.8) is 0 Å². The molecule has 122 valence electrons. The Morgan fingerprint density at radius 1 is 0.957 bits per heavy atom. The molecule has 0 N–H and O–H groups in total. The van der Waals surface area contributed by atoms with Crippen LogP contribution in [0.4, 0.5) is 0 Å². The third-order valence-corrected chi connectivity index (χ3v) is 3.31. The molecule has 0 bridgehead atoms. The van der Waals surface area contributed by atoms with Crippen LogP contribution in [0.3, 0.4) is 0 Å². The molecule has 5 heteroatoms. The first kappa shape index (κ1) is 17.2. The summed E-state index contributed by atoms with van der Waals surface area (Å²) in [7, 11) is 0. The van der Waals surface area contributed by atoms with E-state index in [-0.39, 0.29) is 5.97 Å². The van der Waals surface area contributed by atoms with Crippen LogP contribution in [0.1, 0.15) is 29.8 Å². The van der Waals surface area contributed by atoms with Gasteiger partial charge in [0, 0.05) is 5.02 Å². The van der Waals surface area contributed by atoms with E-state index in [0.29, 0.717) is 41.9 Å². The van der Waals surface area contributed by atoms with Crippen LogP contribution in [0.2, 0.25) is 5.02 Å². The second kappa shape index (κ2) is 8.44. The predicted molar refractivity (Wildman–Crippen MR) is 89.4 cm³/mol. The molecular weight excluding hydrogens is 316 g/mol. The number of carbonyl (C=O) groups is 1. The van der Waals surface area contributed by atoms with Gasteiger partial charge in [-0.15, -0.1) is 0 Å². The van der Waals surface area contributed by atoms with Gasteiger partial charge in [-0.1, -0.05) is 23.7 Å². The molecular formula is C18H19ClO4. The van der Waals surface area contributed by atoms with Crippen LogP contribution >= 0.6 is 11.6 Å². The lowest BCUT2D eigenvalue weighted by molar-refractivity contribution is 0.0525. The fraction of sp³-hybridized carbons (Fsp3) is 0.278. The SMILES string of the molecule is CCOC(=O)c1ccc(OCc2ccc(Cl)cc2)c(OCC)c1. The Bertz CT molecular complexity index is 653. The molecule has 0 radical (unpaired) electrons. The molecule has 0 aliphatic rings. The van der Waals surface area contributed by atoms with Crippen molar-refractivity contribution in [2.24, 2.45) is 0 Å². The van der Waals surface area contributed by atoms with Crippen molar-refractivity contribution in [3.05, 3.63) is 58.6 Å². The van der Waals surface area contributed by atoms with Gasteiger partial charge in [-0.05, 0) is 49.7 Å². The summed E-state index contributed by atoms with van der Waals surface area (Å²) >= 11 is 5.86. The fourth-order valence-corrected chi connectivity index (χ4v) is 2.10. The highest BCUT2D eigenvalue weighted by molar-refractivity contribution is 6.30. The summed E-state index contributed by atoms with van der Waals surface area (Å²) in [5.74, 6) is 0.722. The van der Waals surface area contributed by atoms with E-state index >= 15 is 0 Å². The number of ether oxygens (including phenoxy) is 3. The molecule has 0 heterocycles. The number of halogens is 1. The van der Waals surface area contributed by atoms with E-state index in [9.17, 15) is 4.79 Å². The average Bonchev–Trinajstić information content (AvgIpc) is 2.55. The van der Waals surface area contributed by atoms with Crippen molar-refractivity contribution in [1.82, 2.24) is 0 Å². The summed E-state index contributed by atoms with van der Waals surface area (Å²) in [6.07, 6.45) is 0. The Labute approximate surface area is 140 Å². The Hall–Kier alpha value is -2.20. The van der Waals surface area contributed by atoms with Gasteiger partial charge in [0.2, 0.25) is 0 Å². The molecule has 0 unspecified atom stereocenters. The first-order valence-electron chi connectivity index (χ1n) is 7.45. The monoisotopic (exact) mass is 334 g/mol. The minimum absolute atomic E-state index is 0.331. The highest BCUT2D eigenvalue weighted by atomic mass is 35.5. The third-order valence-electron chi connectivity index (χ3n) is 3.06. The summed E-state index contributed by atoms with van der Waals surface area (Å²) in [5.41, 5.74) is 1.43. The van der Waals surface area contributed by atoms with Crippen molar-refractivity contribution < 1.29 is 19.0 Å². The topological polar surface area (TPSA) is 44.8 Å². The highest BCUT2D eigenvalue weighted by Gasteiger charge is 2.12.